The number of aliphatic hydroxyl groups excluding tert-OH is 1. The largest absolute Gasteiger partial charge is 0.387 e. The number of aromatic nitrogens is 1. The molecule has 2 rings (SSSR count). The molecule has 1 atom stereocenters. The summed E-state index contributed by atoms with van der Waals surface area (Å²) in [5.41, 5.74) is 3.46. The van der Waals surface area contributed by atoms with Crippen molar-refractivity contribution in [3.63, 3.8) is 0 Å². The summed E-state index contributed by atoms with van der Waals surface area (Å²) in [4.78, 5) is 5.35. The lowest BCUT2D eigenvalue weighted by atomic mass is 10.0. The zero-order chi connectivity index (χ0) is 13.1. The first-order valence-electron chi connectivity index (χ1n) is 6.30. The zero-order valence-electron chi connectivity index (χ0n) is 11.1. The monoisotopic (exact) mass is 261 g/mol. The topological polar surface area (TPSA) is 33.1 Å². The normalized spacial score (nSPS) is 12.7. The van der Waals surface area contributed by atoms with Gasteiger partial charge in [0.1, 0.15) is 0 Å². The Hall–Kier alpha value is -1.19. The molecule has 0 fully saturated rings. The maximum absolute atomic E-state index is 10.3. The van der Waals surface area contributed by atoms with E-state index in [1.54, 1.807) is 11.3 Å². The first-order chi connectivity index (χ1) is 8.60. The molecule has 0 bridgehead atoms. The van der Waals surface area contributed by atoms with Gasteiger partial charge in [-0.1, -0.05) is 31.2 Å². The molecule has 0 amide bonds. The molecule has 0 saturated heterocycles. The number of aliphatic hydroxyl groups is 1. The van der Waals surface area contributed by atoms with Crippen molar-refractivity contribution >= 4 is 11.3 Å². The third-order valence-corrected chi connectivity index (χ3v) is 4.28. The van der Waals surface area contributed by atoms with Crippen LogP contribution in [0.15, 0.2) is 24.3 Å². The van der Waals surface area contributed by atoms with Crippen molar-refractivity contribution in [2.75, 3.05) is 0 Å². The van der Waals surface area contributed by atoms with E-state index < -0.39 is 6.10 Å². The maximum atomic E-state index is 10.3. The fraction of sp³-hybridized carbons (Fsp3) is 0.400. The van der Waals surface area contributed by atoms with E-state index in [0.29, 0.717) is 6.42 Å². The summed E-state index contributed by atoms with van der Waals surface area (Å²) in [6.07, 6.45) is 1.27. The Morgan fingerprint density at radius 1 is 1.17 bits per heavy atom. The minimum absolute atomic E-state index is 0.441. The standard InChI is InChI=1S/C15H19NOS/c1-4-12-5-7-13(8-6-12)9-14(17)15-10(2)16-11(3)18-15/h5-8,14,17H,4,9H2,1-3H3. The fourth-order valence-corrected chi connectivity index (χ4v) is 3.00. The highest BCUT2D eigenvalue weighted by molar-refractivity contribution is 7.11. The third kappa shape index (κ3) is 2.98. The molecular weight excluding hydrogens is 242 g/mol. The zero-order valence-corrected chi connectivity index (χ0v) is 11.9. The summed E-state index contributed by atoms with van der Waals surface area (Å²) in [7, 11) is 0. The van der Waals surface area contributed by atoms with Crippen LogP contribution in [0.3, 0.4) is 0 Å². The van der Waals surface area contributed by atoms with Crippen LogP contribution in [0, 0.1) is 13.8 Å². The minimum atomic E-state index is -0.441. The Labute approximate surface area is 112 Å². The van der Waals surface area contributed by atoms with Crippen molar-refractivity contribution in [2.45, 2.75) is 39.7 Å². The van der Waals surface area contributed by atoms with Gasteiger partial charge in [-0.15, -0.1) is 11.3 Å². The highest BCUT2D eigenvalue weighted by atomic mass is 32.1. The van der Waals surface area contributed by atoms with Crippen LogP contribution in [0.2, 0.25) is 0 Å². The molecule has 1 N–H and O–H groups in total. The second-order valence-corrected chi connectivity index (χ2v) is 5.81. The fourth-order valence-electron chi connectivity index (χ4n) is 2.08. The molecule has 1 heterocycles. The van der Waals surface area contributed by atoms with Gasteiger partial charge in [-0.3, -0.25) is 0 Å². The molecule has 18 heavy (non-hydrogen) atoms. The SMILES string of the molecule is CCc1ccc(CC(O)c2sc(C)nc2C)cc1. The molecule has 0 aliphatic heterocycles. The Morgan fingerprint density at radius 2 is 1.78 bits per heavy atom. The Kier molecular flexibility index (Phi) is 4.15. The Bertz CT molecular complexity index is 516. The van der Waals surface area contributed by atoms with Crippen molar-refractivity contribution in [2.24, 2.45) is 0 Å². The van der Waals surface area contributed by atoms with E-state index >= 15 is 0 Å². The van der Waals surface area contributed by atoms with Crippen LogP contribution in [0.5, 0.6) is 0 Å². The molecule has 0 saturated carbocycles. The van der Waals surface area contributed by atoms with E-state index in [1.165, 1.54) is 11.1 Å². The highest BCUT2D eigenvalue weighted by Gasteiger charge is 2.15. The number of rotatable bonds is 4. The van der Waals surface area contributed by atoms with Gasteiger partial charge >= 0.3 is 0 Å². The summed E-state index contributed by atoms with van der Waals surface area (Å²) in [6.45, 7) is 6.08. The molecule has 0 aliphatic carbocycles. The molecule has 3 heteroatoms. The summed E-state index contributed by atoms with van der Waals surface area (Å²) in [5, 5.41) is 11.3. The van der Waals surface area contributed by atoms with Crippen LogP contribution in [0.1, 0.15) is 39.7 Å². The van der Waals surface area contributed by atoms with E-state index in [1.807, 2.05) is 13.8 Å². The van der Waals surface area contributed by atoms with Gasteiger partial charge in [-0.05, 0) is 31.4 Å². The molecule has 1 unspecified atom stereocenters. The Morgan fingerprint density at radius 3 is 2.28 bits per heavy atom. The van der Waals surface area contributed by atoms with Crippen molar-refractivity contribution in [3.05, 3.63) is 51.0 Å². The Balaban J connectivity index is 2.10. The van der Waals surface area contributed by atoms with Crippen LogP contribution in [0.4, 0.5) is 0 Å². The van der Waals surface area contributed by atoms with Gasteiger partial charge in [0, 0.05) is 6.42 Å². The first-order valence-corrected chi connectivity index (χ1v) is 7.11. The molecule has 96 valence electrons. The number of benzene rings is 1. The smallest absolute Gasteiger partial charge is 0.0941 e. The molecule has 1 aromatic heterocycles. The average molecular weight is 261 g/mol. The average Bonchev–Trinajstić information content (AvgIpc) is 2.69. The molecule has 2 aromatic rings. The predicted octanol–water partition coefficient (Wildman–Crippen LogP) is 3.60. The molecule has 1 aromatic carbocycles. The summed E-state index contributed by atoms with van der Waals surface area (Å²) in [5.74, 6) is 0. The molecule has 0 spiro atoms. The third-order valence-electron chi connectivity index (χ3n) is 3.10. The van der Waals surface area contributed by atoms with Crippen LogP contribution in [0.25, 0.3) is 0 Å². The van der Waals surface area contributed by atoms with Gasteiger partial charge in [0.25, 0.3) is 0 Å². The first kappa shape index (κ1) is 13.2. The summed E-state index contributed by atoms with van der Waals surface area (Å²) in [6, 6.07) is 8.47. The van der Waals surface area contributed by atoms with Crippen LogP contribution < -0.4 is 0 Å². The second-order valence-electron chi connectivity index (χ2n) is 4.57. The van der Waals surface area contributed by atoms with Crippen LogP contribution in [-0.4, -0.2) is 10.1 Å². The van der Waals surface area contributed by atoms with E-state index in [2.05, 4.69) is 36.2 Å². The van der Waals surface area contributed by atoms with Crippen molar-refractivity contribution in [1.82, 2.24) is 4.98 Å². The van der Waals surface area contributed by atoms with Gasteiger partial charge < -0.3 is 5.11 Å². The lowest BCUT2D eigenvalue weighted by Gasteiger charge is -2.09. The van der Waals surface area contributed by atoms with Crippen LogP contribution >= 0.6 is 11.3 Å². The second kappa shape index (κ2) is 5.63. The van der Waals surface area contributed by atoms with Crippen molar-refractivity contribution < 1.29 is 5.11 Å². The summed E-state index contributed by atoms with van der Waals surface area (Å²) < 4.78 is 0. The van der Waals surface area contributed by atoms with E-state index in [0.717, 1.165) is 22.0 Å². The van der Waals surface area contributed by atoms with Gasteiger partial charge in [-0.2, -0.15) is 0 Å². The lowest BCUT2D eigenvalue weighted by molar-refractivity contribution is 0.181. The number of aryl methyl sites for hydroxylation is 3. The van der Waals surface area contributed by atoms with E-state index in [9.17, 15) is 5.11 Å². The van der Waals surface area contributed by atoms with Crippen molar-refractivity contribution in [3.8, 4) is 0 Å². The van der Waals surface area contributed by atoms with Crippen LogP contribution in [-0.2, 0) is 12.8 Å². The number of hydrogen-bond acceptors (Lipinski definition) is 3. The minimum Gasteiger partial charge on any atom is -0.387 e. The van der Waals surface area contributed by atoms with Crippen molar-refractivity contribution in [1.29, 1.82) is 0 Å². The quantitative estimate of drug-likeness (QED) is 0.912. The number of nitrogens with zero attached hydrogens (tertiary/aromatic N) is 1. The van der Waals surface area contributed by atoms with E-state index in [-0.39, 0.29) is 0 Å². The molecule has 0 aliphatic rings. The van der Waals surface area contributed by atoms with Gasteiger partial charge in [0.2, 0.25) is 0 Å². The van der Waals surface area contributed by atoms with Gasteiger partial charge in [0.05, 0.1) is 21.7 Å². The predicted molar refractivity (Wildman–Crippen MR) is 76.1 cm³/mol. The highest BCUT2D eigenvalue weighted by Crippen LogP contribution is 2.27. The van der Waals surface area contributed by atoms with Gasteiger partial charge in [0.15, 0.2) is 0 Å². The lowest BCUT2D eigenvalue weighted by Crippen LogP contribution is -2.01. The molecule has 0 radical (unpaired) electrons. The number of thiazole rings is 1. The molecule has 2 nitrogen and oxygen atoms in total. The molecular formula is C15H19NOS. The maximum Gasteiger partial charge on any atom is 0.0941 e. The summed E-state index contributed by atoms with van der Waals surface area (Å²) >= 11 is 1.59. The van der Waals surface area contributed by atoms with Gasteiger partial charge in [-0.25, -0.2) is 4.98 Å². The number of hydrogen-bond donors (Lipinski definition) is 1. The van der Waals surface area contributed by atoms with E-state index in [4.69, 9.17) is 0 Å².